The van der Waals surface area contributed by atoms with Gasteiger partial charge in [-0.25, -0.2) is 8.42 Å². The van der Waals surface area contributed by atoms with Gasteiger partial charge in [0, 0.05) is 31.5 Å². The average molecular weight is 1120 g/mol. The standard InChI is InChI=1S/2C21H21S.C10H13N.C9H11N.CH4O4S.ClH.O3S/c2*1-16-4-10-19(11-5-16)22(20-12-6-17(2)7-13-20)21-14-8-18(3)9-15-21;1-11-8-4-6-9-5-2-3-7-10(9)11;1-2-6-9-8(4-1)5-3-7-10-9;1-5-6(2,3)4;;1-4(2)3/h2*4-15H,1-3H3;2-3,5,7H,4,6,8H2,1H3;1-2,4,6,10H,3,5,7H2;1H3,(H,2,3,4);1H;/q2*+1;;;;;/p-1. The minimum absolute atomic E-state index is 0. The third kappa shape index (κ3) is 21.1. The van der Waals surface area contributed by atoms with Gasteiger partial charge < -0.3 is 14.8 Å². The van der Waals surface area contributed by atoms with Gasteiger partial charge in [-0.1, -0.05) is 143 Å². The zero-order valence-corrected chi connectivity index (χ0v) is 48.6. The highest BCUT2D eigenvalue weighted by molar-refractivity contribution is 7.97. The van der Waals surface area contributed by atoms with Crippen molar-refractivity contribution in [3.63, 3.8) is 0 Å². The van der Waals surface area contributed by atoms with Crippen molar-refractivity contribution in [2.45, 2.75) is 96.6 Å². The summed E-state index contributed by atoms with van der Waals surface area (Å²) in [5.74, 6) is 0. The molecule has 0 radical (unpaired) electrons. The number of hydrogen-bond acceptors (Lipinski definition) is 9. The van der Waals surface area contributed by atoms with Gasteiger partial charge in [0.15, 0.2) is 29.4 Å². The highest BCUT2D eigenvalue weighted by Gasteiger charge is 2.29. The fraction of sp³-hybridized carbons (Fsp3) is 0.226. The van der Waals surface area contributed by atoms with Gasteiger partial charge in [-0.3, -0.25) is 4.18 Å². The summed E-state index contributed by atoms with van der Waals surface area (Å²) in [5.41, 5.74) is 13.5. The summed E-state index contributed by atoms with van der Waals surface area (Å²) in [7, 11) is -4.63. The van der Waals surface area contributed by atoms with Crippen LogP contribution in [0.3, 0.4) is 0 Å². The van der Waals surface area contributed by atoms with Gasteiger partial charge >= 0.3 is 10.6 Å². The van der Waals surface area contributed by atoms with Crippen LogP contribution in [0.5, 0.6) is 0 Å². The molecule has 0 amide bonds. The van der Waals surface area contributed by atoms with E-state index in [2.05, 4.69) is 257 Å². The van der Waals surface area contributed by atoms with Gasteiger partial charge in [-0.15, -0.1) is 25.0 Å². The first kappa shape index (κ1) is 62.4. The van der Waals surface area contributed by atoms with E-state index in [0.29, 0.717) is 0 Å². The van der Waals surface area contributed by atoms with Gasteiger partial charge in [0.1, 0.15) is 0 Å². The van der Waals surface area contributed by atoms with E-state index in [1.54, 1.807) is 0 Å². The number of benzene rings is 8. The Hall–Kier alpha value is -6.16. The Balaban J connectivity index is 0.000000214. The number of rotatable bonds is 7. The molecular weight excluding hydrogens is 1050 g/mol. The second kappa shape index (κ2) is 31.8. The third-order valence-corrected chi connectivity index (χ3v) is 16.9. The van der Waals surface area contributed by atoms with Crippen LogP contribution in [0.2, 0.25) is 0 Å². The summed E-state index contributed by atoms with van der Waals surface area (Å²) >= 11 is 0. The Labute approximate surface area is 465 Å². The van der Waals surface area contributed by atoms with Crippen LogP contribution in [0.15, 0.2) is 223 Å². The van der Waals surface area contributed by atoms with Gasteiger partial charge in [-0.05, 0) is 163 Å². The number of halogens is 1. The fourth-order valence-electron chi connectivity index (χ4n) is 8.00. The molecule has 2 aliphatic heterocycles. The average Bonchev–Trinajstić information content (AvgIpc) is 3.40. The molecule has 0 bridgehead atoms. The van der Waals surface area contributed by atoms with Gasteiger partial charge in [0.25, 0.3) is 0 Å². The molecule has 9 nitrogen and oxygen atoms in total. The first-order valence-corrected chi connectivity index (χ1v) is 29.5. The molecule has 2 aliphatic rings. The predicted octanol–water partition coefficient (Wildman–Crippen LogP) is 14.0. The molecule has 0 aliphatic carbocycles. The number of hydrogen-bond donors (Lipinski definition) is 1. The van der Waals surface area contributed by atoms with Crippen LogP contribution in [0.1, 0.15) is 57.3 Å². The fourth-order valence-corrected chi connectivity index (χ4v) is 12.1. The molecule has 400 valence electrons. The topological polar surface area (TPSA) is 133 Å². The van der Waals surface area contributed by atoms with Crippen LogP contribution in [-0.2, 0) is 59.8 Å². The molecule has 0 saturated heterocycles. The molecule has 0 aromatic heterocycles. The van der Waals surface area contributed by atoms with Crippen LogP contribution < -0.4 is 10.2 Å². The molecule has 10 rings (SSSR count). The van der Waals surface area contributed by atoms with E-state index in [4.69, 9.17) is 12.6 Å². The molecule has 0 fully saturated rings. The lowest BCUT2D eigenvalue weighted by Crippen LogP contribution is -2.24. The lowest BCUT2D eigenvalue weighted by Gasteiger charge is -2.26. The highest BCUT2D eigenvalue weighted by Crippen LogP contribution is 2.33. The largest absolute Gasteiger partial charge is 0.726 e. The summed E-state index contributed by atoms with van der Waals surface area (Å²) in [6.07, 6.45) is 5.06. The zero-order chi connectivity index (χ0) is 54.3. The molecular formula is C62H70ClN2O7S4+. The first-order chi connectivity index (χ1) is 35.9. The number of anilines is 2. The van der Waals surface area contributed by atoms with Crippen molar-refractivity contribution in [1.29, 1.82) is 0 Å². The van der Waals surface area contributed by atoms with Crippen molar-refractivity contribution in [1.82, 2.24) is 0 Å². The number of fused-ring (bicyclic) bond motifs is 2. The molecule has 8 aromatic rings. The van der Waals surface area contributed by atoms with E-state index < -0.39 is 21.0 Å². The third-order valence-electron chi connectivity index (χ3n) is 12.0. The van der Waals surface area contributed by atoms with E-state index in [1.807, 2.05) is 0 Å². The van der Waals surface area contributed by atoms with E-state index in [1.165, 1.54) is 117 Å². The van der Waals surface area contributed by atoms with Crippen LogP contribution in [0.25, 0.3) is 0 Å². The molecule has 76 heavy (non-hydrogen) atoms. The summed E-state index contributed by atoms with van der Waals surface area (Å²) in [5, 5.41) is 3.36. The minimum atomic E-state index is -4.41. The molecule has 14 heteroatoms. The molecule has 0 spiro atoms. The zero-order valence-electron chi connectivity index (χ0n) is 44.6. The smallest absolute Gasteiger partial charge is 0.425 e. The van der Waals surface area contributed by atoms with Crippen molar-refractivity contribution in [3.05, 3.63) is 239 Å². The van der Waals surface area contributed by atoms with Gasteiger partial charge in [0.05, 0.1) is 28.9 Å². The Kier molecular flexibility index (Phi) is 26.1. The number of para-hydroxylation sites is 2. The monoisotopic (exact) mass is 1120 g/mol. The normalized spacial score (nSPS) is 12.0. The lowest BCUT2D eigenvalue weighted by molar-refractivity contribution is 0.314. The lowest BCUT2D eigenvalue weighted by atomic mass is 10.0. The SMILES string of the molecule is CN1CCCc2ccccc21.COS(=O)(=O)[O-].Cc1ccc([S+](c2ccc(C)cc2)c2ccc(C)cc2)cc1.Cc1ccc([S+](c2ccc(C)cc2)c2ccc(C)cc2)cc1.Cl.O=S(=O)=O.c1ccc2c(c1)CCCN2. The quantitative estimate of drug-likeness (QED) is 0.0941. The van der Waals surface area contributed by atoms with Crippen molar-refractivity contribution in [3.8, 4) is 0 Å². The van der Waals surface area contributed by atoms with E-state index in [-0.39, 0.29) is 34.2 Å². The van der Waals surface area contributed by atoms with Crippen LogP contribution in [0.4, 0.5) is 11.4 Å². The highest BCUT2D eigenvalue weighted by atomic mass is 35.5. The minimum Gasteiger partial charge on any atom is -0.726 e. The summed E-state index contributed by atoms with van der Waals surface area (Å²) in [6.45, 7) is 15.2. The van der Waals surface area contributed by atoms with Gasteiger partial charge in [0.2, 0.25) is 10.4 Å². The molecule has 0 saturated carbocycles. The first-order valence-electron chi connectivity index (χ1n) is 24.7. The number of nitrogens with one attached hydrogen (secondary N) is 1. The van der Waals surface area contributed by atoms with Crippen molar-refractivity contribution >= 4 is 66.6 Å². The second-order valence-corrected chi connectivity index (χ2v) is 23.7. The number of aryl methyl sites for hydroxylation is 8. The van der Waals surface area contributed by atoms with Crippen molar-refractivity contribution in [2.24, 2.45) is 0 Å². The second-order valence-electron chi connectivity index (χ2n) is 18.1. The Morgan fingerprint density at radius 3 is 1.04 bits per heavy atom. The molecule has 1 N–H and O–H groups in total. The summed E-state index contributed by atoms with van der Waals surface area (Å²) in [4.78, 5) is 10.6. The molecule has 0 atom stereocenters. The van der Waals surface area contributed by atoms with Crippen molar-refractivity contribution in [2.75, 3.05) is 37.5 Å². The summed E-state index contributed by atoms with van der Waals surface area (Å²) < 4.78 is 56.4. The Bertz CT molecular complexity index is 2830. The van der Waals surface area contributed by atoms with Crippen LogP contribution in [0, 0.1) is 41.5 Å². The maximum Gasteiger partial charge on any atom is 0.425 e. The van der Waals surface area contributed by atoms with E-state index >= 15 is 0 Å². The number of nitrogens with zero attached hydrogens (tertiary/aromatic N) is 1. The van der Waals surface area contributed by atoms with Gasteiger partial charge in [-0.2, -0.15) is 0 Å². The molecule has 8 aromatic carbocycles. The van der Waals surface area contributed by atoms with Crippen LogP contribution >= 0.6 is 12.4 Å². The Morgan fingerprint density at radius 2 is 0.750 bits per heavy atom. The van der Waals surface area contributed by atoms with E-state index in [0.717, 1.165) is 13.7 Å². The summed E-state index contributed by atoms with van der Waals surface area (Å²) in [6, 6.07) is 70.8. The molecule has 2 heterocycles. The van der Waals surface area contributed by atoms with Crippen LogP contribution in [-0.4, -0.2) is 52.8 Å². The maximum absolute atomic E-state index is 9.22. The maximum atomic E-state index is 9.22. The van der Waals surface area contributed by atoms with E-state index in [9.17, 15) is 13.0 Å². The van der Waals surface area contributed by atoms with Crippen molar-refractivity contribution < 1.29 is 29.8 Å². The molecule has 0 unspecified atom stereocenters. The predicted molar refractivity (Wildman–Crippen MR) is 316 cm³/mol. The Morgan fingerprint density at radius 1 is 0.474 bits per heavy atom.